The van der Waals surface area contributed by atoms with Crippen molar-refractivity contribution < 1.29 is 4.39 Å². The predicted molar refractivity (Wildman–Crippen MR) is 54.5 cm³/mol. The fourth-order valence-corrected chi connectivity index (χ4v) is 2.59. The van der Waals surface area contributed by atoms with E-state index in [1.807, 2.05) is 23.9 Å². The molecule has 13 heavy (non-hydrogen) atoms. The van der Waals surface area contributed by atoms with Gasteiger partial charge in [0.15, 0.2) is 0 Å². The maximum atomic E-state index is 12.6. The summed E-state index contributed by atoms with van der Waals surface area (Å²) < 4.78 is 12.6. The zero-order chi connectivity index (χ0) is 9.10. The fourth-order valence-electron chi connectivity index (χ4n) is 1.46. The van der Waals surface area contributed by atoms with Crippen LogP contribution in [0, 0.1) is 5.82 Å². The third-order valence-electron chi connectivity index (χ3n) is 2.17. The average Bonchev–Trinajstić information content (AvgIpc) is 2.20. The van der Waals surface area contributed by atoms with Crippen LogP contribution >= 0.6 is 11.8 Å². The lowest BCUT2D eigenvalue weighted by molar-refractivity contribution is 0.625. The van der Waals surface area contributed by atoms with E-state index in [0.717, 1.165) is 18.8 Å². The lowest BCUT2D eigenvalue weighted by Crippen LogP contribution is -2.28. The van der Waals surface area contributed by atoms with Crippen LogP contribution in [0.2, 0.25) is 0 Å². The van der Waals surface area contributed by atoms with Crippen LogP contribution < -0.4 is 5.32 Å². The average molecular weight is 197 g/mol. The highest BCUT2D eigenvalue weighted by molar-refractivity contribution is 7.99. The summed E-state index contributed by atoms with van der Waals surface area (Å²) in [6.45, 7) is 2.08. The summed E-state index contributed by atoms with van der Waals surface area (Å²) in [5, 5.41) is 3.83. The molecule has 1 N–H and O–H groups in total. The van der Waals surface area contributed by atoms with Crippen molar-refractivity contribution in [3.05, 3.63) is 35.6 Å². The van der Waals surface area contributed by atoms with E-state index in [0.29, 0.717) is 5.25 Å². The Hall–Kier alpha value is -0.540. The molecule has 1 aromatic rings. The summed E-state index contributed by atoms with van der Waals surface area (Å²) >= 11 is 1.94. The Bertz CT molecular complexity index is 267. The fraction of sp³-hybridized carbons (Fsp3) is 0.400. The number of hydrogen-bond acceptors (Lipinski definition) is 2. The molecule has 0 radical (unpaired) electrons. The molecular weight excluding hydrogens is 185 g/mol. The molecule has 0 bridgehead atoms. The minimum absolute atomic E-state index is 0.155. The topological polar surface area (TPSA) is 12.0 Å². The normalized spacial score (nSPS) is 23.0. The van der Waals surface area contributed by atoms with Gasteiger partial charge in [-0.25, -0.2) is 4.39 Å². The van der Waals surface area contributed by atoms with E-state index in [-0.39, 0.29) is 5.82 Å². The van der Waals surface area contributed by atoms with Gasteiger partial charge in [-0.1, -0.05) is 12.1 Å². The molecule has 0 aliphatic carbocycles. The van der Waals surface area contributed by atoms with Crippen LogP contribution in [0.1, 0.15) is 10.8 Å². The molecule has 0 spiro atoms. The monoisotopic (exact) mass is 197 g/mol. The van der Waals surface area contributed by atoms with Crippen LogP contribution in [0.4, 0.5) is 4.39 Å². The Kier molecular flexibility index (Phi) is 2.86. The van der Waals surface area contributed by atoms with Crippen molar-refractivity contribution >= 4 is 11.8 Å². The Balaban J connectivity index is 2.10. The van der Waals surface area contributed by atoms with Crippen molar-refractivity contribution in [3.8, 4) is 0 Å². The summed E-state index contributed by atoms with van der Waals surface area (Å²) in [7, 11) is 0. The second kappa shape index (κ2) is 4.11. The molecule has 0 amide bonds. The summed E-state index contributed by atoms with van der Waals surface area (Å²) in [6, 6.07) is 6.81. The Morgan fingerprint density at radius 2 is 2.08 bits per heavy atom. The number of nitrogens with one attached hydrogen (secondary N) is 1. The largest absolute Gasteiger partial charge is 0.314 e. The van der Waals surface area contributed by atoms with E-state index in [1.54, 1.807) is 0 Å². The highest BCUT2D eigenvalue weighted by Gasteiger charge is 2.14. The predicted octanol–water partition coefficient (Wildman–Crippen LogP) is 2.20. The lowest BCUT2D eigenvalue weighted by atomic mass is 10.1. The third-order valence-corrected chi connectivity index (χ3v) is 3.45. The van der Waals surface area contributed by atoms with Gasteiger partial charge in [0.1, 0.15) is 5.82 Å². The molecule has 1 saturated heterocycles. The number of halogens is 1. The molecule has 1 aliphatic heterocycles. The third kappa shape index (κ3) is 2.23. The van der Waals surface area contributed by atoms with Gasteiger partial charge in [-0.3, -0.25) is 0 Å². The van der Waals surface area contributed by atoms with Crippen molar-refractivity contribution in [2.45, 2.75) is 5.25 Å². The van der Waals surface area contributed by atoms with Gasteiger partial charge in [0.2, 0.25) is 0 Å². The first-order valence-electron chi connectivity index (χ1n) is 4.44. The molecule has 70 valence electrons. The minimum atomic E-state index is -0.155. The Morgan fingerprint density at radius 3 is 2.69 bits per heavy atom. The van der Waals surface area contributed by atoms with Gasteiger partial charge in [-0.2, -0.15) is 11.8 Å². The van der Waals surface area contributed by atoms with E-state index in [4.69, 9.17) is 0 Å². The SMILES string of the molecule is Fc1ccc([C@H]2CNCCS2)cc1. The van der Waals surface area contributed by atoms with Gasteiger partial charge in [-0.05, 0) is 17.7 Å². The molecule has 0 unspecified atom stereocenters. The van der Waals surface area contributed by atoms with E-state index >= 15 is 0 Å². The first-order valence-corrected chi connectivity index (χ1v) is 5.49. The number of benzene rings is 1. The van der Waals surface area contributed by atoms with Crippen LogP contribution in [-0.4, -0.2) is 18.8 Å². The van der Waals surface area contributed by atoms with Crippen LogP contribution in [0.25, 0.3) is 0 Å². The molecule has 0 aromatic heterocycles. The van der Waals surface area contributed by atoms with Crippen molar-refractivity contribution in [2.24, 2.45) is 0 Å². The standard InChI is InChI=1S/C10H12FNS/c11-9-3-1-8(2-4-9)10-7-12-5-6-13-10/h1-4,10,12H,5-7H2/t10-/m1/s1. The van der Waals surface area contributed by atoms with Gasteiger partial charge in [0.05, 0.1) is 0 Å². The molecule has 1 atom stereocenters. The summed E-state index contributed by atoms with van der Waals surface area (Å²) in [4.78, 5) is 0. The van der Waals surface area contributed by atoms with Crippen LogP contribution in [0.3, 0.4) is 0 Å². The molecule has 2 rings (SSSR count). The zero-order valence-electron chi connectivity index (χ0n) is 7.29. The molecule has 0 saturated carbocycles. The quantitative estimate of drug-likeness (QED) is 0.740. The van der Waals surface area contributed by atoms with Gasteiger partial charge < -0.3 is 5.32 Å². The first kappa shape index (κ1) is 9.03. The lowest BCUT2D eigenvalue weighted by Gasteiger charge is -2.22. The molecule has 1 nitrogen and oxygen atoms in total. The van der Waals surface area contributed by atoms with Crippen LogP contribution in [0.5, 0.6) is 0 Å². The van der Waals surface area contributed by atoms with Crippen LogP contribution in [-0.2, 0) is 0 Å². The van der Waals surface area contributed by atoms with Gasteiger partial charge in [0, 0.05) is 24.1 Å². The molecule has 1 heterocycles. The van der Waals surface area contributed by atoms with Gasteiger partial charge >= 0.3 is 0 Å². The van der Waals surface area contributed by atoms with Gasteiger partial charge in [-0.15, -0.1) is 0 Å². The minimum Gasteiger partial charge on any atom is -0.314 e. The maximum absolute atomic E-state index is 12.6. The molecule has 1 aliphatic rings. The second-order valence-electron chi connectivity index (χ2n) is 3.12. The highest BCUT2D eigenvalue weighted by atomic mass is 32.2. The van der Waals surface area contributed by atoms with Gasteiger partial charge in [0.25, 0.3) is 0 Å². The van der Waals surface area contributed by atoms with E-state index in [2.05, 4.69) is 5.32 Å². The zero-order valence-corrected chi connectivity index (χ0v) is 8.11. The smallest absolute Gasteiger partial charge is 0.123 e. The van der Waals surface area contributed by atoms with Crippen molar-refractivity contribution in [1.82, 2.24) is 5.32 Å². The van der Waals surface area contributed by atoms with Crippen LogP contribution in [0.15, 0.2) is 24.3 Å². The summed E-state index contributed by atoms with van der Waals surface area (Å²) in [5.41, 5.74) is 1.22. The molecule has 3 heteroatoms. The number of rotatable bonds is 1. The first-order chi connectivity index (χ1) is 6.36. The Labute approximate surface area is 81.7 Å². The van der Waals surface area contributed by atoms with Crippen molar-refractivity contribution in [1.29, 1.82) is 0 Å². The van der Waals surface area contributed by atoms with E-state index in [1.165, 1.54) is 17.7 Å². The highest BCUT2D eigenvalue weighted by Crippen LogP contribution is 2.29. The second-order valence-corrected chi connectivity index (χ2v) is 4.43. The van der Waals surface area contributed by atoms with Crippen molar-refractivity contribution in [3.63, 3.8) is 0 Å². The molecule has 1 aromatic carbocycles. The maximum Gasteiger partial charge on any atom is 0.123 e. The molecular formula is C10H12FNS. The number of hydrogen-bond donors (Lipinski definition) is 1. The molecule has 1 fully saturated rings. The van der Waals surface area contributed by atoms with E-state index < -0.39 is 0 Å². The van der Waals surface area contributed by atoms with Crippen molar-refractivity contribution in [2.75, 3.05) is 18.8 Å². The summed E-state index contributed by atoms with van der Waals surface area (Å²) in [6.07, 6.45) is 0. The summed E-state index contributed by atoms with van der Waals surface area (Å²) in [5.74, 6) is 0.986. The Morgan fingerprint density at radius 1 is 1.31 bits per heavy atom. The number of thioether (sulfide) groups is 1. The van der Waals surface area contributed by atoms with E-state index in [9.17, 15) is 4.39 Å².